The molecule has 0 aromatic heterocycles. The molecule has 0 atom stereocenters. The van der Waals surface area contributed by atoms with Crippen LogP contribution in [0, 0.1) is 0 Å². The van der Waals surface area contributed by atoms with Gasteiger partial charge in [-0.3, -0.25) is 0 Å². The van der Waals surface area contributed by atoms with Crippen molar-refractivity contribution in [1.29, 1.82) is 0 Å². The van der Waals surface area contributed by atoms with Crippen molar-refractivity contribution in [2.24, 2.45) is 0 Å². The molecule has 2 rings (SSSR count). The van der Waals surface area contributed by atoms with Crippen LogP contribution in [0.1, 0.15) is 15.9 Å². The molecule has 0 unspecified atom stereocenters. The first-order chi connectivity index (χ1) is 13.0. The van der Waals surface area contributed by atoms with Gasteiger partial charge in [0.05, 0.1) is 34.0 Å². The minimum Gasteiger partial charge on any atom is -0.493 e. The van der Waals surface area contributed by atoms with Crippen LogP contribution < -0.4 is 24.8 Å². The van der Waals surface area contributed by atoms with E-state index < -0.39 is 5.97 Å². The summed E-state index contributed by atoms with van der Waals surface area (Å²) in [6.45, 7) is 0.444. The number of esters is 1. The largest absolute Gasteiger partial charge is 0.493 e. The van der Waals surface area contributed by atoms with E-state index in [0.29, 0.717) is 40.2 Å². The number of rotatable bonds is 7. The van der Waals surface area contributed by atoms with Crippen LogP contribution in [0.15, 0.2) is 36.4 Å². The lowest BCUT2D eigenvalue weighted by molar-refractivity contribution is 0.0601. The van der Waals surface area contributed by atoms with Crippen molar-refractivity contribution in [2.75, 3.05) is 33.8 Å². The van der Waals surface area contributed by atoms with E-state index in [1.165, 1.54) is 7.11 Å². The molecule has 0 spiro atoms. The maximum Gasteiger partial charge on any atom is 0.337 e. The second kappa shape index (κ2) is 9.63. The van der Waals surface area contributed by atoms with E-state index in [1.807, 2.05) is 12.1 Å². The summed E-state index contributed by atoms with van der Waals surface area (Å²) in [4.78, 5) is 11.6. The Morgan fingerprint density at radius 1 is 1.00 bits per heavy atom. The molecule has 2 aromatic carbocycles. The van der Waals surface area contributed by atoms with Gasteiger partial charge >= 0.3 is 5.97 Å². The van der Waals surface area contributed by atoms with Gasteiger partial charge in [0.15, 0.2) is 16.6 Å². The third-order valence-corrected chi connectivity index (χ3v) is 3.97. The van der Waals surface area contributed by atoms with Crippen LogP contribution in [-0.2, 0) is 11.3 Å². The summed E-state index contributed by atoms with van der Waals surface area (Å²) in [6, 6.07) is 10.6. The molecule has 2 aromatic rings. The van der Waals surface area contributed by atoms with Gasteiger partial charge in [-0.25, -0.2) is 4.79 Å². The highest BCUT2D eigenvalue weighted by atomic mass is 32.1. The summed E-state index contributed by atoms with van der Waals surface area (Å²) in [5.74, 6) is 1.26. The molecule has 0 amide bonds. The van der Waals surface area contributed by atoms with Crippen molar-refractivity contribution in [2.45, 2.75) is 6.54 Å². The first-order valence-corrected chi connectivity index (χ1v) is 8.45. The average Bonchev–Trinajstić information content (AvgIpc) is 2.70. The molecular formula is C19H22N2O5S. The number of ether oxygens (including phenoxy) is 4. The average molecular weight is 390 g/mol. The van der Waals surface area contributed by atoms with Gasteiger partial charge in [0.2, 0.25) is 5.75 Å². The topological polar surface area (TPSA) is 78.1 Å². The van der Waals surface area contributed by atoms with Gasteiger partial charge < -0.3 is 29.6 Å². The Kier molecular flexibility index (Phi) is 7.25. The Morgan fingerprint density at radius 2 is 1.67 bits per heavy atom. The number of methoxy groups -OCH3 is 4. The fourth-order valence-corrected chi connectivity index (χ4v) is 2.63. The zero-order valence-corrected chi connectivity index (χ0v) is 16.4. The molecule has 0 aliphatic heterocycles. The standard InChI is InChI=1S/C19H22N2O5S/c1-23-15-8-12(9-16(24-2)17(15)25-3)11-20-19(27)21-14-7-5-6-13(10-14)18(22)26-4/h5-10H,11H2,1-4H3,(H2,20,21,27). The van der Waals surface area contributed by atoms with E-state index >= 15 is 0 Å². The van der Waals surface area contributed by atoms with Crippen LogP contribution in [0.2, 0.25) is 0 Å². The monoisotopic (exact) mass is 390 g/mol. The summed E-state index contributed by atoms with van der Waals surface area (Å²) in [5.41, 5.74) is 2.02. The Bertz CT molecular complexity index is 800. The Hall–Kier alpha value is -3.00. The summed E-state index contributed by atoms with van der Waals surface area (Å²) in [6.07, 6.45) is 0. The van der Waals surface area contributed by atoms with E-state index in [2.05, 4.69) is 10.6 Å². The van der Waals surface area contributed by atoms with Gasteiger partial charge in [-0.2, -0.15) is 0 Å². The van der Waals surface area contributed by atoms with Gasteiger partial charge in [0.1, 0.15) is 0 Å². The highest BCUT2D eigenvalue weighted by Crippen LogP contribution is 2.38. The number of anilines is 1. The summed E-state index contributed by atoms with van der Waals surface area (Å²) < 4.78 is 20.7. The van der Waals surface area contributed by atoms with Crippen molar-refractivity contribution < 1.29 is 23.7 Å². The van der Waals surface area contributed by atoms with Gasteiger partial charge in [-0.05, 0) is 48.1 Å². The fourth-order valence-electron chi connectivity index (χ4n) is 2.44. The Balaban J connectivity index is 2.04. The summed E-state index contributed by atoms with van der Waals surface area (Å²) >= 11 is 5.32. The molecule has 0 aliphatic carbocycles. The minimum atomic E-state index is -0.407. The molecule has 144 valence electrons. The van der Waals surface area contributed by atoms with Gasteiger partial charge in [-0.15, -0.1) is 0 Å². The first kappa shape index (κ1) is 20.3. The molecule has 2 N–H and O–H groups in total. The number of hydrogen-bond donors (Lipinski definition) is 2. The van der Waals surface area contributed by atoms with Crippen LogP contribution in [0.4, 0.5) is 5.69 Å². The lowest BCUT2D eigenvalue weighted by atomic mass is 10.2. The van der Waals surface area contributed by atoms with E-state index in [0.717, 1.165) is 5.56 Å². The van der Waals surface area contributed by atoms with Gasteiger partial charge in [0.25, 0.3) is 0 Å². The predicted molar refractivity (Wildman–Crippen MR) is 107 cm³/mol. The molecule has 0 radical (unpaired) electrons. The number of benzene rings is 2. The summed E-state index contributed by atoms with van der Waals surface area (Å²) in [5, 5.41) is 6.55. The third kappa shape index (κ3) is 5.24. The van der Waals surface area contributed by atoms with Crippen molar-refractivity contribution in [3.8, 4) is 17.2 Å². The van der Waals surface area contributed by atoms with Crippen LogP contribution in [0.3, 0.4) is 0 Å². The molecular weight excluding hydrogens is 368 g/mol. The molecule has 7 nitrogen and oxygen atoms in total. The summed E-state index contributed by atoms with van der Waals surface area (Å²) in [7, 11) is 6.02. The molecule has 0 fully saturated rings. The lowest BCUT2D eigenvalue weighted by Crippen LogP contribution is -2.28. The second-order valence-corrected chi connectivity index (χ2v) is 5.82. The third-order valence-electron chi connectivity index (χ3n) is 3.72. The zero-order valence-electron chi connectivity index (χ0n) is 15.6. The maximum atomic E-state index is 11.6. The SMILES string of the molecule is COC(=O)c1cccc(NC(=S)NCc2cc(OC)c(OC)c(OC)c2)c1. The van der Waals surface area contributed by atoms with Crippen molar-refractivity contribution >= 4 is 29.0 Å². The number of hydrogen-bond acceptors (Lipinski definition) is 6. The molecule has 0 bridgehead atoms. The van der Waals surface area contributed by atoms with Gasteiger partial charge in [-0.1, -0.05) is 6.07 Å². The molecule has 0 saturated heterocycles. The van der Waals surface area contributed by atoms with Crippen LogP contribution in [-0.4, -0.2) is 39.5 Å². The minimum absolute atomic E-state index is 0.407. The normalized spacial score (nSPS) is 9.93. The van der Waals surface area contributed by atoms with Crippen molar-refractivity contribution in [3.63, 3.8) is 0 Å². The number of carbonyl (C=O) groups excluding carboxylic acids is 1. The highest BCUT2D eigenvalue weighted by molar-refractivity contribution is 7.80. The lowest BCUT2D eigenvalue weighted by Gasteiger charge is -2.15. The molecule has 0 saturated carbocycles. The zero-order chi connectivity index (χ0) is 19.8. The van der Waals surface area contributed by atoms with E-state index in [-0.39, 0.29) is 0 Å². The molecule has 0 aliphatic rings. The number of nitrogens with one attached hydrogen (secondary N) is 2. The quantitative estimate of drug-likeness (QED) is 0.552. The predicted octanol–water partition coefficient (Wildman–Crippen LogP) is 2.99. The van der Waals surface area contributed by atoms with E-state index in [9.17, 15) is 4.79 Å². The second-order valence-electron chi connectivity index (χ2n) is 5.41. The van der Waals surface area contributed by atoms with Gasteiger partial charge in [0, 0.05) is 12.2 Å². The van der Waals surface area contributed by atoms with Crippen LogP contribution in [0.25, 0.3) is 0 Å². The first-order valence-electron chi connectivity index (χ1n) is 8.04. The number of carbonyl (C=O) groups is 1. The molecule has 0 heterocycles. The highest BCUT2D eigenvalue weighted by Gasteiger charge is 2.13. The van der Waals surface area contributed by atoms with E-state index in [1.54, 1.807) is 45.6 Å². The fraction of sp³-hybridized carbons (Fsp3) is 0.263. The van der Waals surface area contributed by atoms with E-state index in [4.69, 9.17) is 31.2 Å². The van der Waals surface area contributed by atoms with Crippen LogP contribution >= 0.6 is 12.2 Å². The maximum absolute atomic E-state index is 11.6. The smallest absolute Gasteiger partial charge is 0.337 e. The van der Waals surface area contributed by atoms with Crippen molar-refractivity contribution in [3.05, 3.63) is 47.5 Å². The molecule has 27 heavy (non-hydrogen) atoms. The van der Waals surface area contributed by atoms with Crippen LogP contribution in [0.5, 0.6) is 17.2 Å². The Labute approximate surface area is 163 Å². The molecule has 8 heteroatoms. The Morgan fingerprint density at radius 3 is 2.22 bits per heavy atom. The number of thiocarbonyl (C=S) groups is 1. The van der Waals surface area contributed by atoms with Crippen molar-refractivity contribution in [1.82, 2.24) is 5.32 Å².